The third-order valence-electron chi connectivity index (χ3n) is 2.79. The molecule has 1 aromatic rings. The summed E-state index contributed by atoms with van der Waals surface area (Å²) in [6.45, 7) is 2.02. The van der Waals surface area contributed by atoms with Crippen molar-refractivity contribution < 1.29 is 9.50 Å². The number of benzene rings is 1. The Hall–Kier alpha value is -0.610. The van der Waals surface area contributed by atoms with Crippen molar-refractivity contribution in [3.05, 3.63) is 28.0 Å². The first-order chi connectivity index (χ1) is 7.16. The molecule has 1 unspecified atom stereocenters. The molecule has 4 heteroatoms. The van der Waals surface area contributed by atoms with Crippen molar-refractivity contribution in [2.45, 2.75) is 12.8 Å². The third-order valence-corrected chi connectivity index (χ3v) is 3.40. The van der Waals surface area contributed by atoms with E-state index in [2.05, 4.69) is 21.2 Å². The van der Waals surface area contributed by atoms with Gasteiger partial charge in [-0.05, 0) is 59.4 Å². The van der Waals surface area contributed by atoms with Gasteiger partial charge in [-0.25, -0.2) is 4.39 Å². The quantitative estimate of drug-likeness (QED) is 0.868. The number of phenols is 1. The van der Waals surface area contributed by atoms with Crippen molar-refractivity contribution in [1.82, 2.24) is 5.32 Å². The van der Waals surface area contributed by atoms with Gasteiger partial charge in [-0.15, -0.1) is 0 Å². The summed E-state index contributed by atoms with van der Waals surface area (Å²) in [6, 6.07) is 2.84. The molecule has 1 aromatic carbocycles. The molecule has 1 atom stereocenters. The molecule has 0 bridgehead atoms. The van der Waals surface area contributed by atoms with Crippen LogP contribution in [-0.4, -0.2) is 18.2 Å². The minimum atomic E-state index is -0.416. The number of halogens is 2. The summed E-state index contributed by atoms with van der Waals surface area (Å²) in [5, 5.41) is 12.9. The zero-order valence-electron chi connectivity index (χ0n) is 8.26. The fraction of sp³-hybridized carbons (Fsp3) is 0.455. The van der Waals surface area contributed by atoms with Gasteiger partial charge in [0.15, 0.2) is 0 Å². The summed E-state index contributed by atoms with van der Waals surface area (Å²) in [5.41, 5.74) is 0.817. The van der Waals surface area contributed by atoms with Gasteiger partial charge in [0.1, 0.15) is 11.6 Å². The number of rotatable bonds is 2. The normalized spacial score (nSPS) is 20.8. The molecular formula is C11H13BrFNO. The average Bonchev–Trinajstić information content (AvgIpc) is 2.67. The zero-order valence-corrected chi connectivity index (χ0v) is 9.85. The minimum Gasteiger partial charge on any atom is -0.508 e. The first-order valence-corrected chi connectivity index (χ1v) is 5.83. The van der Waals surface area contributed by atoms with E-state index in [0.29, 0.717) is 10.4 Å². The van der Waals surface area contributed by atoms with Crippen molar-refractivity contribution >= 4 is 15.9 Å². The summed E-state index contributed by atoms with van der Waals surface area (Å²) >= 11 is 3.13. The first kappa shape index (κ1) is 10.9. The van der Waals surface area contributed by atoms with Gasteiger partial charge in [0.25, 0.3) is 0 Å². The topological polar surface area (TPSA) is 32.3 Å². The van der Waals surface area contributed by atoms with Gasteiger partial charge >= 0.3 is 0 Å². The maximum atomic E-state index is 13.1. The van der Waals surface area contributed by atoms with Crippen molar-refractivity contribution in [3.63, 3.8) is 0 Å². The van der Waals surface area contributed by atoms with Crippen LogP contribution < -0.4 is 5.32 Å². The molecule has 1 fully saturated rings. The van der Waals surface area contributed by atoms with E-state index in [1.807, 2.05) is 0 Å². The Kier molecular flexibility index (Phi) is 3.26. The van der Waals surface area contributed by atoms with Crippen LogP contribution in [0.5, 0.6) is 5.75 Å². The first-order valence-electron chi connectivity index (χ1n) is 5.04. The Bertz CT molecular complexity index is 364. The van der Waals surface area contributed by atoms with E-state index in [9.17, 15) is 9.50 Å². The highest BCUT2D eigenvalue weighted by atomic mass is 79.9. The molecule has 2 nitrogen and oxygen atoms in total. The molecule has 2 rings (SSSR count). The Morgan fingerprint density at radius 1 is 1.53 bits per heavy atom. The number of phenolic OH excluding ortho intramolecular Hbond substituents is 1. The molecule has 0 aromatic heterocycles. The van der Waals surface area contributed by atoms with Crippen molar-refractivity contribution in [2.24, 2.45) is 5.92 Å². The van der Waals surface area contributed by atoms with E-state index >= 15 is 0 Å². The van der Waals surface area contributed by atoms with Crippen LogP contribution >= 0.6 is 15.9 Å². The highest BCUT2D eigenvalue weighted by molar-refractivity contribution is 9.10. The minimum absolute atomic E-state index is 0.0580. The van der Waals surface area contributed by atoms with E-state index in [0.717, 1.165) is 31.5 Å². The van der Waals surface area contributed by atoms with E-state index in [1.165, 1.54) is 6.07 Å². The van der Waals surface area contributed by atoms with Crippen LogP contribution in [0.15, 0.2) is 16.6 Å². The number of hydrogen-bond acceptors (Lipinski definition) is 2. The van der Waals surface area contributed by atoms with E-state index in [4.69, 9.17) is 0 Å². The highest BCUT2D eigenvalue weighted by Crippen LogP contribution is 2.28. The lowest BCUT2D eigenvalue weighted by molar-refractivity contribution is 0.452. The standard InChI is InChI=1S/C11H13BrFNO/c12-9-4-8(11(15)5-10(9)13)3-7-1-2-14-6-7/h4-5,7,14-15H,1-3,6H2. The second-order valence-corrected chi connectivity index (χ2v) is 4.81. The second kappa shape index (κ2) is 4.49. The molecule has 1 saturated heterocycles. The molecule has 1 aliphatic heterocycles. The van der Waals surface area contributed by atoms with Crippen LogP contribution in [0.3, 0.4) is 0 Å². The lowest BCUT2D eigenvalue weighted by Crippen LogP contribution is -2.10. The second-order valence-electron chi connectivity index (χ2n) is 3.96. The van der Waals surface area contributed by atoms with E-state index in [1.54, 1.807) is 6.07 Å². The van der Waals surface area contributed by atoms with Gasteiger partial charge < -0.3 is 10.4 Å². The van der Waals surface area contributed by atoms with Crippen LogP contribution in [0.25, 0.3) is 0 Å². The number of nitrogens with one attached hydrogen (secondary N) is 1. The van der Waals surface area contributed by atoms with Gasteiger partial charge in [-0.2, -0.15) is 0 Å². The molecule has 0 spiro atoms. The van der Waals surface area contributed by atoms with Crippen LogP contribution in [0.2, 0.25) is 0 Å². The number of aromatic hydroxyl groups is 1. The Balaban J connectivity index is 2.16. The largest absolute Gasteiger partial charge is 0.508 e. The zero-order chi connectivity index (χ0) is 10.8. The Labute approximate surface area is 96.6 Å². The molecule has 82 valence electrons. The van der Waals surface area contributed by atoms with Gasteiger partial charge in [-0.3, -0.25) is 0 Å². The van der Waals surface area contributed by atoms with Crippen molar-refractivity contribution in [1.29, 1.82) is 0 Å². The Morgan fingerprint density at radius 3 is 3.00 bits per heavy atom. The van der Waals surface area contributed by atoms with Crippen LogP contribution in [-0.2, 0) is 6.42 Å². The Morgan fingerprint density at radius 2 is 2.33 bits per heavy atom. The third kappa shape index (κ3) is 2.49. The van der Waals surface area contributed by atoms with Crippen molar-refractivity contribution in [3.8, 4) is 5.75 Å². The molecule has 0 radical (unpaired) electrons. The van der Waals surface area contributed by atoms with Crippen LogP contribution in [0, 0.1) is 11.7 Å². The van der Waals surface area contributed by atoms with Gasteiger partial charge in [0, 0.05) is 6.07 Å². The smallest absolute Gasteiger partial charge is 0.141 e. The van der Waals surface area contributed by atoms with E-state index in [-0.39, 0.29) is 5.75 Å². The molecule has 2 N–H and O–H groups in total. The molecule has 15 heavy (non-hydrogen) atoms. The molecule has 0 amide bonds. The fourth-order valence-electron chi connectivity index (χ4n) is 1.94. The lowest BCUT2D eigenvalue weighted by Gasteiger charge is -2.10. The van der Waals surface area contributed by atoms with Crippen LogP contribution in [0.1, 0.15) is 12.0 Å². The van der Waals surface area contributed by atoms with Crippen LogP contribution in [0.4, 0.5) is 4.39 Å². The van der Waals surface area contributed by atoms with E-state index < -0.39 is 5.82 Å². The number of hydrogen-bond donors (Lipinski definition) is 2. The predicted octanol–water partition coefficient (Wildman–Crippen LogP) is 2.45. The summed E-state index contributed by atoms with van der Waals surface area (Å²) < 4.78 is 13.5. The predicted molar refractivity (Wildman–Crippen MR) is 60.4 cm³/mol. The summed E-state index contributed by atoms with van der Waals surface area (Å²) in [4.78, 5) is 0. The van der Waals surface area contributed by atoms with Crippen molar-refractivity contribution in [2.75, 3.05) is 13.1 Å². The summed E-state index contributed by atoms with van der Waals surface area (Å²) in [7, 11) is 0. The molecule has 0 aliphatic carbocycles. The molecular weight excluding hydrogens is 261 g/mol. The molecule has 1 aliphatic rings. The molecule has 1 heterocycles. The summed E-state index contributed by atoms with van der Waals surface area (Å²) in [6.07, 6.45) is 1.92. The van der Waals surface area contributed by atoms with Gasteiger partial charge in [-0.1, -0.05) is 0 Å². The monoisotopic (exact) mass is 273 g/mol. The van der Waals surface area contributed by atoms with Gasteiger partial charge in [0.2, 0.25) is 0 Å². The highest BCUT2D eigenvalue weighted by Gasteiger charge is 2.17. The fourth-order valence-corrected chi connectivity index (χ4v) is 2.33. The van der Waals surface area contributed by atoms with Gasteiger partial charge in [0.05, 0.1) is 4.47 Å². The summed E-state index contributed by atoms with van der Waals surface area (Å²) in [5.74, 6) is 0.191. The molecule has 0 saturated carbocycles. The maximum Gasteiger partial charge on any atom is 0.141 e. The maximum absolute atomic E-state index is 13.1. The lowest BCUT2D eigenvalue weighted by atomic mass is 9.98. The average molecular weight is 274 g/mol. The SMILES string of the molecule is Oc1cc(F)c(Br)cc1CC1CCNC1.